The third-order valence-corrected chi connectivity index (χ3v) is 4.18. The highest BCUT2D eigenvalue weighted by Crippen LogP contribution is 2.00. The van der Waals surface area contributed by atoms with Crippen LogP contribution in [0.25, 0.3) is 0 Å². The zero-order valence-electron chi connectivity index (χ0n) is 11.8. The second-order valence-corrected chi connectivity index (χ2v) is 6.49. The van der Waals surface area contributed by atoms with Gasteiger partial charge in [0.15, 0.2) is 0 Å². The Morgan fingerprint density at radius 1 is 1.26 bits per heavy atom. The molecule has 0 aromatic carbocycles. The zero-order chi connectivity index (χ0) is 14.8. The molecule has 112 valence electrons. The lowest BCUT2D eigenvalue weighted by molar-refractivity contribution is -0.137. The summed E-state index contributed by atoms with van der Waals surface area (Å²) in [6, 6.07) is -0.325. The Balaban J connectivity index is 3.67. The first kappa shape index (κ1) is 17.9. The van der Waals surface area contributed by atoms with E-state index in [1.807, 2.05) is 13.8 Å². The lowest BCUT2D eigenvalue weighted by atomic mass is 10.1. The molecule has 0 rings (SSSR count). The molecule has 0 heterocycles. The van der Waals surface area contributed by atoms with E-state index < -0.39 is 16.8 Å². The molecule has 3 atom stereocenters. The second kappa shape index (κ2) is 9.77. The summed E-state index contributed by atoms with van der Waals surface area (Å²) in [5.41, 5.74) is 0. The van der Waals surface area contributed by atoms with Crippen LogP contribution in [-0.4, -0.2) is 45.4 Å². The van der Waals surface area contributed by atoms with E-state index in [-0.39, 0.29) is 23.7 Å². The molecule has 19 heavy (non-hydrogen) atoms. The van der Waals surface area contributed by atoms with Gasteiger partial charge in [-0.15, -0.1) is 0 Å². The highest BCUT2D eigenvalue weighted by molar-refractivity contribution is 7.84. The van der Waals surface area contributed by atoms with Crippen LogP contribution < -0.4 is 10.6 Å². The van der Waals surface area contributed by atoms with Crippen molar-refractivity contribution in [1.29, 1.82) is 0 Å². The first-order chi connectivity index (χ1) is 8.82. The molecule has 0 saturated heterocycles. The average molecular weight is 292 g/mol. The van der Waals surface area contributed by atoms with E-state index >= 15 is 0 Å². The van der Waals surface area contributed by atoms with E-state index in [9.17, 15) is 13.8 Å². The number of aliphatic carboxylic acids is 1. The minimum atomic E-state index is -0.872. The fourth-order valence-corrected chi connectivity index (χ4v) is 1.91. The lowest BCUT2D eigenvalue weighted by Gasteiger charge is -2.15. The molecule has 2 amide bonds. The molecule has 6 nitrogen and oxygen atoms in total. The third-order valence-electron chi connectivity index (χ3n) is 2.81. The molecular weight excluding hydrogens is 268 g/mol. The molecule has 3 unspecified atom stereocenters. The van der Waals surface area contributed by atoms with Crippen LogP contribution in [0.2, 0.25) is 0 Å². The summed E-state index contributed by atoms with van der Waals surface area (Å²) in [5.74, 6) is -0.821. The Kier molecular flexibility index (Phi) is 9.20. The van der Waals surface area contributed by atoms with Gasteiger partial charge < -0.3 is 15.7 Å². The molecule has 0 aliphatic carbocycles. The summed E-state index contributed by atoms with van der Waals surface area (Å²) in [7, 11) is -0.872. The van der Waals surface area contributed by atoms with Crippen LogP contribution in [0.3, 0.4) is 0 Å². The van der Waals surface area contributed by atoms with Gasteiger partial charge in [0.2, 0.25) is 0 Å². The monoisotopic (exact) mass is 292 g/mol. The summed E-state index contributed by atoms with van der Waals surface area (Å²) in [5, 5.41) is 14.0. The SMILES string of the molecule is CC(CCCC(=O)O)NC(=O)NCCC(C)S(C)=O. The summed E-state index contributed by atoms with van der Waals surface area (Å²) in [6.07, 6.45) is 3.62. The summed E-state index contributed by atoms with van der Waals surface area (Å²) < 4.78 is 11.1. The van der Waals surface area contributed by atoms with Crippen LogP contribution in [0.4, 0.5) is 4.79 Å². The van der Waals surface area contributed by atoms with Crippen molar-refractivity contribution in [2.75, 3.05) is 12.8 Å². The zero-order valence-corrected chi connectivity index (χ0v) is 12.6. The standard InChI is InChI=1S/C12H24N2O4S/c1-9(5-4-6-11(15)16)14-12(17)13-8-7-10(2)19(3)18/h9-10H,4-8H2,1-3H3,(H,15,16)(H2,13,14,17). The number of amides is 2. The number of carboxylic acid groups (broad SMARTS) is 1. The van der Waals surface area contributed by atoms with Gasteiger partial charge in [-0.1, -0.05) is 6.92 Å². The summed E-state index contributed by atoms with van der Waals surface area (Å²) in [4.78, 5) is 21.8. The summed E-state index contributed by atoms with van der Waals surface area (Å²) in [6.45, 7) is 4.20. The Hall–Kier alpha value is -1.11. The van der Waals surface area contributed by atoms with Gasteiger partial charge in [0, 0.05) is 41.3 Å². The maximum Gasteiger partial charge on any atom is 0.314 e. The minimum Gasteiger partial charge on any atom is -0.481 e. The Morgan fingerprint density at radius 3 is 2.42 bits per heavy atom. The van der Waals surface area contributed by atoms with Crippen molar-refractivity contribution < 1.29 is 18.9 Å². The van der Waals surface area contributed by atoms with Gasteiger partial charge in [0.25, 0.3) is 0 Å². The van der Waals surface area contributed by atoms with Crippen molar-refractivity contribution in [2.24, 2.45) is 0 Å². The average Bonchev–Trinajstić information content (AvgIpc) is 2.27. The number of nitrogens with one attached hydrogen (secondary N) is 2. The maximum atomic E-state index is 11.5. The van der Waals surface area contributed by atoms with Crippen LogP contribution in [0.1, 0.15) is 39.5 Å². The molecular formula is C12H24N2O4S. The van der Waals surface area contributed by atoms with E-state index in [0.717, 1.165) is 0 Å². The van der Waals surface area contributed by atoms with E-state index in [4.69, 9.17) is 5.11 Å². The smallest absolute Gasteiger partial charge is 0.314 e. The number of carbonyl (C=O) groups is 2. The van der Waals surface area contributed by atoms with Gasteiger partial charge in [-0.25, -0.2) is 4.79 Å². The first-order valence-electron chi connectivity index (χ1n) is 6.41. The topological polar surface area (TPSA) is 95.5 Å². The Bertz CT molecular complexity index is 323. The quantitative estimate of drug-likeness (QED) is 0.592. The molecule has 0 aromatic heterocycles. The minimum absolute atomic E-state index is 0.0583. The van der Waals surface area contributed by atoms with Gasteiger partial charge in [-0.3, -0.25) is 9.00 Å². The Morgan fingerprint density at radius 2 is 1.89 bits per heavy atom. The number of urea groups is 1. The maximum absolute atomic E-state index is 11.5. The van der Waals surface area contributed by atoms with E-state index in [1.165, 1.54) is 0 Å². The van der Waals surface area contributed by atoms with Crippen molar-refractivity contribution in [1.82, 2.24) is 10.6 Å². The lowest BCUT2D eigenvalue weighted by Crippen LogP contribution is -2.41. The number of hydrogen-bond acceptors (Lipinski definition) is 3. The molecule has 0 aliphatic rings. The molecule has 0 fully saturated rings. The van der Waals surface area contributed by atoms with Crippen molar-refractivity contribution >= 4 is 22.8 Å². The highest BCUT2D eigenvalue weighted by atomic mass is 32.2. The Labute approximate surface area is 116 Å². The first-order valence-corrected chi connectivity index (χ1v) is 8.03. The van der Waals surface area contributed by atoms with Crippen LogP contribution in [0.5, 0.6) is 0 Å². The van der Waals surface area contributed by atoms with Crippen molar-refractivity contribution in [3.8, 4) is 0 Å². The highest BCUT2D eigenvalue weighted by Gasteiger charge is 2.09. The van der Waals surface area contributed by atoms with Crippen LogP contribution >= 0.6 is 0 Å². The molecule has 3 N–H and O–H groups in total. The van der Waals surface area contributed by atoms with Crippen molar-refractivity contribution in [2.45, 2.75) is 50.8 Å². The van der Waals surface area contributed by atoms with Gasteiger partial charge >= 0.3 is 12.0 Å². The summed E-state index contributed by atoms with van der Waals surface area (Å²) >= 11 is 0. The fourth-order valence-electron chi connectivity index (χ4n) is 1.46. The van der Waals surface area contributed by atoms with E-state index in [0.29, 0.717) is 25.8 Å². The predicted octanol–water partition coefficient (Wildman–Crippen LogP) is 1.09. The fraction of sp³-hybridized carbons (Fsp3) is 0.833. The number of carboxylic acids is 1. The largest absolute Gasteiger partial charge is 0.481 e. The third kappa shape index (κ3) is 10.5. The van der Waals surface area contributed by atoms with Gasteiger partial charge in [0.1, 0.15) is 0 Å². The molecule has 0 aromatic rings. The number of carbonyl (C=O) groups excluding carboxylic acids is 1. The van der Waals surface area contributed by atoms with Crippen LogP contribution in [-0.2, 0) is 15.6 Å². The van der Waals surface area contributed by atoms with Crippen molar-refractivity contribution in [3.63, 3.8) is 0 Å². The van der Waals surface area contributed by atoms with E-state index in [2.05, 4.69) is 10.6 Å². The molecule has 0 saturated carbocycles. The molecule has 0 bridgehead atoms. The van der Waals surface area contributed by atoms with Crippen LogP contribution in [0, 0.1) is 0 Å². The predicted molar refractivity (Wildman–Crippen MR) is 75.6 cm³/mol. The molecule has 0 aliphatic heterocycles. The van der Waals surface area contributed by atoms with E-state index in [1.54, 1.807) is 6.26 Å². The normalized spacial score (nSPS) is 15.3. The van der Waals surface area contributed by atoms with Gasteiger partial charge in [-0.2, -0.15) is 0 Å². The van der Waals surface area contributed by atoms with Crippen molar-refractivity contribution in [3.05, 3.63) is 0 Å². The van der Waals surface area contributed by atoms with Crippen LogP contribution in [0.15, 0.2) is 0 Å². The number of hydrogen-bond donors (Lipinski definition) is 3. The molecule has 7 heteroatoms. The second-order valence-electron chi connectivity index (χ2n) is 4.69. The molecule has 0 spiro atoms. The van der Waals surface area contributed by atoms with Gasteiger partial charge in [-0.05, 0) is 26.2 Å². The van der Waals surface area contributed by atoms with Gasteiger partial charge in [0.05, 0.1) is 0 Å². The molecule has 0 radical (unpaired) electrons. The number of rotatable bonds is 9.